The van der Waals surface area contributed by atoms with Crippen molar-refractivity contribution in [1.29, 1.82) is 5.26 Å². The molecule has 0 radical (unpaired) electrons. The van der Waals surface area contributed by atoms with Gasteiger partial charge in [0, 0.05) is 73.9 Å². The molecule has 11 rings (SSSR count). The summed E-state index contributed by atoms with van der Waals surface area (Å²) in [5, 5.41) is 68.6. The summed E-state index contributed by atoms with van der Waals surface area (Å²) < 4.78 is 66.2. The number of nitrogen functional groups attached to an aromatic ring is 1. The predicted molar refractivity (Wildman–Crippen MR) is 490 cm³/mol. The van der Waals surface area contributed by atoms with Crippen LogP contribution in [0.2, 0.25) is 19.6 Å². The molecule has 0 aliphatic carbocycles. The molecule has 1 aliphatic heterocycles. The Morgan fingerprint density at radius 1 is 0.574 bits per heavy atom. The Balaban J connectivity index is 0.000000346. The molecule has 2 aromatic heterocycles. The van der Waals surface area contributed by atoms with Crippen molar-refractivity contribution >= 4 is 120 Å². The number of carboxylic acids is 1. The minimum atomic E-state index is -4.69. The van der Waals surface area contributed by atoms with E-state index in [-0.39, 0.29) is 107 Å². The van der Waals surface area contributed by atoms with Crippen molar-refractivity contribution < 1.29 is 105 Å². The highest BCUT2D eigenvalue weighted by atomic mass is 35.5. The SMILES string of the molecule is CC(C)(C)OC(=O)NCC(O)c1ccc(C(=O)O)cc1.COC(=O)c1ccc(C(C#N)O[Si](C)(C)C)cc1.COC(=O)c1ccc(C(O)CN)cc1.COC(=O)c1ccc(C=O)cc1.Cl.Cl.NC(=O)c1sc2nc(N3CCC(NCC(O)c4ccc(C(=O)NCc5ccccc5)cc4)CC3)cc(C(F)(F)F)c2c1N.NCC(O)c1ccc(C(=O)NCc2ccccc2)cc1. The van der Waals surface area contributed by atoms with E-state index in [4.69, 9.17) is 42.5 Å². The second-order valence-electron chi connectivity index (χ2n) is 30.2. The highest BCUT2D eigenvalue weighted by Gasteiger charge is 2.37. The van der Waals surface area contributed by atoms with E-state index in [0.717, 1.165) is 40.4 Å². The number of amides is 4. The average Bonchev–Trinajstić information content (AvgIpc) is 1.61. The number of aromatic carboxylic acids is 1. The summed E-state index contributed by atoms with van der Waals surface area (Å²) >= 11 is 0.754. The lowest BCUT2D eigenvalue weighted by Crippen LogP contribution is -2.44. The van der Waals surface area contributed by atoms with E-state index >= 15 is 0 Å². The molecule has 4 amide bonds. The molecule has 690 valence electrons. The number of ether oxygens (including phenoxy) is 4. The molecule has 0 spiro atoms. The van der Waals surface area contributed by atoms with Gasteiger partial charge in [-0.3, -0.25) is 19.2 Å². The van der Waals surface area contributed by atoms with E-state index in [1.807, 2.05) is 80.3 Å². The Kier molecular flexibility index (Phi) is 44.9. The number of fused-ring (bicyclic) bond motifs is 1. The third-order valence-corrected chi connectivity index (χ3v) is 20.6. The van der Waals surface area contributed by atoms with Gasteiger partial charge in [0.15, 0.2) is 14.4 Å². The first-order valence-corrected chi connectivity index (χ1v) is 43.9. The lowest BCUT2D eigenvalue weighted by molar-refractivity contribution is -0.136. The number of halogens is 5. The zero-order valence-corrected chi connectivity index (χ0v) is 75.7. The maximum Gasteiger partial charge on any atom is 0.417 e. The van der Waals surface area contributed by atoms with E-state index in [1.54, 1.807) is 147 Å². The Bertz CT molecular complexity index is 5290. The van der Waals surface area contributed by atoms with Crippen LogP contribution in [0.5, 0.6) is 0 Å². The number of aromatic nitrogens is 1. The van der Waals surface area contributed by atoms with Gasteiger partial charge in [-0.2, -0.15) is 18.4 Å². The summed E-state index contributed by atoms with van der Waals surface area (Å²) in [5.74, 6) is -3.29. The fourth-order valence-electron chi connectivity index (χ4n) is 11.8. The Morgan fingerprint density at radius 2 is 0.953 bits per heavy atom. The number of rotatable bonds is 27. The molecular formula is C92H108Cl2F3N11O19SSi. The molecule has 37 heteroatoms. The van der Waals surface area contributed by atoms with Crippen LogP contribution in [0, 0.1) is 11.3 Å². The molecule has 5 unspecified atom stereocenters. The molecule has 10 aromatic rings. The summed E-state index contributed by atoms with van der Waals surface area (Å²) in [6.07, 6.45) is -7.02. The number of carbonyl (C=O) groups excluding carboxylic acids is 8. The van der Waals surface area contributed by atoms with E-state index in [9.17, 15) is 76.7 Å². The summed E-state index contributed by atoms with van der Waals surface area (Å²) in [7, 11) is 2.20. The summed E-state index contributed by atoms with van der Waals surface area (Å²) in [6, 6.07) is 61.3. The quantitative estimate of drug-likeness (QED) is 0.00984. The summed E-state index contributed by atoms with van der Waals surface area (Å²) in [4.78, 5) is 108. The van der Waals surface area contributed by atoms with Gasteiger partial charge >= 0.3 is 36.1 Å². The molecule has 30 nitrogen and oxygen atoms in total. The largest absolute Gasteiger partial charge is 0.478 e. The number of aldehydes is 1. The summed E-state index contributed by atoms with van der Waals surface area (Å²) in [6.45, 7) is 13.7. The summed E-state index contributed by atoms with van der Waals surface area (Å²) in [5.41, 5.74) is 28.5. The van der Waals surface area contributed by atoms with Gasteiger partial charge in [0.1, 0.15) is 27.4 Å². The first kappa shape index (κ1) is 109. The van der Waals surface area contributed by atoms with Crippen molar-refractivity contribution in [2.75, 3.05) is 71.2 Å². The number of aliphatic hydroxyl groups is 4. The number of alkyl halides is 3. The molecule has 8 aromatic carbocycles. The van der Waals surface area contributed by atoms with Gasteiger partial charge in [0.05, 0.1) is 91.9 Å². The minimum absolute atomic E-state index is 0. The number of nitrogens with two attached hydrogens (primary N) is 4. The number of esters is 3. The third kappa shape index (κ3) is 35.9. The topological polar surface area (TPSA) is 493 Å². The second kappa shape index (κ2) is 53.3. The lowest BCUT2D eigenvalue weighted by Gasteiger charge is -2.34. The van der Waals surface area contributed by atoms with E-state index in [1.165, 1.54) is 45.6 Å². The number of carbonyl (C=O) groups is 9. The molecule has 1 aliphatic rings. The maximum absolute atomic E-state index is 13.9. The lowest BCUT2D eigenvalue weighted by atomic mass is 10.0. The number of carboxylic acid groups (broad SMARTS) is 1. The van der Waals surface area contributed by atoms with Crippen LogP contribution in [0.1, 0.15) is 191 Å². The highest BCUT2D eigenvalue weighted by Crippen LogP contribution is 2.44. The van der Waals surface area contributed by atoms with Crippen LogP contribution in [-0.4, -0.2) is 165 Å². The number of hydrogen-bond acceptors (Lipinski definition) is 26. The Labute approximate surface area is 762 Å². The fraction of sp³-hybridized carbons (Fsp3) is 0.293. The zero-order valence-electron chi connectivity index (χ0n) is 72.3. The number of anilines is 2. The van der Waals surface area contributed by atoms with Crippen molar-refractivity contribution in [3.63, 3.8) is 0 Å². The van der Waals surface area contributed by atoms with Crippen LogP contribution in [-0.2, 0) is 42.6 Å². The van der Waals surface area contributed by atoms with Crippen molar-refractivity contribution in [3.8, 4) is 6.07 Å². The minimum Gasteiger partial charge on any atom is -0.478 e. The number of hydrogen-bond donors (Lipinski definition) is 13. The van der Waals surface area contributed by atoms with Gasteiger partial charge in [-0.15, -0.1) is 36.2 Å². The molecule has 1 fully saturated rings. The maximum atomic E-state index is 13.9. The average molecular weight is 1860 g/mol. The number of piperidine rings is 1. The van der Waals surface area contributed by atoms with Crippen LogP contribution in [0.3, 0.4) is 0 Å². The number of aliphatic hydroxyl groups excluding tert-OH is 4. The molecule has 1 saturated heterocycles. The van der Waals surface area contributed by atoms with Crippen LogP contribution in [0.25, 0.3) is 10.2 Å². The number of alkyl carbamates (subject to hydrolysis) is 1. The number of nitrogens with one attached hydrogen (secondary N) is 4. The Hall–Kier alpha value is -12.5. The van der Waals surface area contributed by atoms with E-state index in [2.05, 4.69) is 46.5 Å². The van der Waals surface area contributed by atoms with E-state index in [0.29, 0.717) is 94.7 Å². The molecule has 129 heavy (non-hydrogen) atoms. The van der Waals surface area contributed by atoms with E-state index < -0.39 is 86.1 Å². The number of nitriles is 1. The van der Waals surface area contributed by atoms with Gasteiger partial charge in [0.25, 0.3) is 17.7 Å². The molecule has 0 saturated carbocycles. The van der Waals surface area contributed by atoms with Crippen LogP contribution < -0.4 is 49.1 Å². The monoisotopic (exact) mass is 1860 g/mol. The number of nitrogens with zero attached hydrogens (tertiary/aromatic N) is 3. The smallest absolute Gasteiger partial charge is 0.417 e. The third-order valence-electron chi connectivity index (χ3n) is 18.6. The van der Waals surface area contributed by atoms with Crippen LogP contribution in [0.15, 0.2) is 212 Å². The zero-order chi connectivity index (χ0) is 93.7. The predicted octanol–water partition coefficient (Wildman–Crippen LogP) is 13.3. The number of thiophene rings is 1. The molecular weight excluding hydrogens is 1750 g/mol. The van der Waals surface area contributed by atoms with Crippen molar-refractivity contribution in [2.45, 2.75) is 115 Å². The second-order valence-corrected chi connectivity index (χ2v) is 35.7. The fourth-order valence-corrected chi connectivity index (χ4v) is 13.7. The van der Waals surface area contributed by atoms with Gasteiger partial charge in [-0.05, 0) is 171 Å². The standard InChI is InChI=1S/C30H31F3N6O3S.C16H18N2O2.C14H19NO5.C13H17NO3Si.C10H13NO3.C9H8O3.2ClH/c31-30(32,33)21-14-23(38-29-24(21)25(34)26(43-29)27(35)41)39-12-10-20(11-13-39)36-16-22(40)18-6-8-19(9-7-18)28(42)37-15-17-4-2-1-3-5-17;17-10-15(19)13-6-8-14(9-7-13)16(20)18-11-12-4-2-1-3-5-12;1-14(2,3)20-13(19)15-8-11(16)9-4-6-10(7-5-9)12(17)18;1-16-13(15)11-7-5-10(6-8-11)12(9-14)17-18(2,3)4;1-14-10(13)8-4-2-7(3-5-8)9(12)6-11;1-12-9(11)8-4-2-7(6-10)3-5-8;;/h1-9,14,20,22,36,40H,10-13,15-16,34H2,(H2,35,41)(H,37,42);1-9,15,19H,10-11,17H2,(H,18,20);4-7,11,16H,8H2,1-3H3,(H,15,19)(H,17,18);5-8,12H,1-4H3;2-5,9,12H,6,11H2,1H3;2-6H,1H3;2*1H. The number of pyridine rings is 1. The molecule has 0 bridgehead atoms. The van der Waals surface area contributed by atoms with Crippen molar-refractivity contribution in [3.05, 3.63) is 301 Å². The van der Waals surface area contributed by atoms with Gasteiger partial charge in [0.2, 0.25) is 0 Å². The molecule has 3 heterocycles. The van der Waals surface area contributed by atoms with Crippen LogP contribution in [0.4, 0.5) is 29.5 Å². The molecule has 5 atom stereocenters. The van der Waals surface area contributed by atoms with Gasteiger partial charge in [-0.1, -0.05) is 133 Å². The number of primary amides is 1. The van der Waals surface area contributed by atoms with Crippen molar-refractivity contribution in [1.82, 2.24) is 26.3 Å². The normalized spacial score (nSPS) is 12.7. The first-order chi connectivity index (χ1) is 60.2. The number of benzene rings is 8. The molecule has 17 N–H and O–H groups in total. The van der Waals surface area contributed by atoms with Gasteiger partial charge < -0.3 is 98.0 Å². The number of methoxy groups -OCH3 is 3. The van der Waals surface area contributed by atoms with Crippen molar-refractivity contribution in [2.24, 2.45) is 17.2 Å². The van der Waals surface area contributed by atoms with Crippen LogP contribution >= 0.6 is 36.2 Å². The first-order valence-electron chi connectivity index (χ1n) is 39.7. The Morgan fingerprint density at radius 3 is 1.31 bits per heavy atom. The highest BCUT2D eigenvalue weighted by molar-refractivity contribution is 7.21. The van der Waals surface area contributed by atoms with Gasteiger partial charge in [-0.25, -0.2) is 29.0 Å².